The molecule has 3 aromatic rings. The summed E-state index contributed by atoms with van der Waals surface area (Å²) in [6.07, 6.45) is 1.13. The average Bonchev–Trinajstić information content (AvgIpc) is 3.21. The molecule has 0 saturated carbocycles. The minimum atomic E-state index is -4.21. The van der Waals surface area contributed by atoms with Gasteiger partial charge in [-0.15, -0.1) is 11.3 Å². The van der Waals surface area contributed by atoms with E-state index in [4.69, 9.17) is 16.3 Å². The van der Waals surface area contributed by atoms with E-state index < -0.39 is 26.5 Å². The summed E-state index contributed by atoms with van der Waals surface area (Å²) < 4.78 is 46.7. The van der Waals surface area contributed by atoms with Gasteiger partial charge in [0.15, 0.2) is 4.91 Å². The van der Waals surface area contributed by atoms with Crippen LogP contribution in [0.3, 0.4) is 0 Å². The average molecular weight is 479 g/mol. The maximum absolute atomic E-state index is 13.6. The van der Waals surface area contributed by atoms with Crippen molar-refractivity contribution in [2.45, 2.75) is 6.54 Å². The minimum absolute atomic E-state index is 0.116. The van der Waals surface area contributed by atoms with Crippen molar-refractivity contribution in [2.75, 3.05) is 16.7 Å². The zero-order chi connectivity index (χ0) is 22.2. The van der Waals surface area contributed by atoms with Crippen LogP contribution in [0.1, 0.15) is 15.2 Å². The maximum atomic E-state index is 13.6. The van der Waals surface area contributed by atoms with Crippen LogP contribution < -0.4 is 14.4 Å². The van der Waals surface area contributed by atoms with Crippen molar-refractivity contribution in [1.29, 1.82) is 0 Å². The van der Waals surface area contributed by atoms with Crippen LogP contribution in [-0.2, 0) is 16.6 Å². The number of thiophene rings is 1. The van der Waals surface area contributed by atoms with E-state index in [0.717, 1.165) is 21.8 Å². The zero-order valence-corrected chi connectivity index (χ0v) is 18.5. The molecule has 2 aromatic carbocycles. The number of anilines is 2. The second-order valence-corrected chi connectivity index (χ2v) is 9.79. The first kappa shape index (κ1) is 21.4. The van der Waals surface area contributed by atoms with Gasteiger partial charge in [0, 0.05) is 11.2 Å². The van der Waals surface area contributed by atoms with Crippen molar-refractivity contribution in [3.8, 4) is 5.75 Å². The monoisotopic (exact) mass is 478 g/mol. The zero-order valence-electron chi connectivity index (χ0n) is 16.1. The third-order valence-corrected chi connectivity index (χ3v) is 7.55. The van der Waals surface area contributed by atoms with E-state index in [0.29, 0.717) is 22.0 Å². The largest absolute Gasteiger partial charge is 0.495 e. The van der Waals surface area contributed by atoms with Gasteiger partial charge in [0.05, 0.1) is 25.0 Å². The summed E-state index contributed by atoms with van der Waals surface area (Å²) in [4.78, 5) is 12.8. The molecule has 1 N–H and O–H groups in total. The Balaban J connectivity index is 1.76. The Morgan fingerprint density at radius 3 is 2.77 bits per heavy atom. The van der Waals surface area contributed by atoms with E-state index in [-0.39, 0.29) is 17.1 Å². The molecule has 0 saturated heterocycles. The number of carbonyl (C=O) groups excluding carboxylic acids is 1. The van der Waals surface area contributed by atoms with Gasteiger partial charge in [0.1, 0.15) is 16.4 Å². The lowest BCUT2D eigenvalue weighted by Gasteiger charge is -2.29. The fourth-order valence-corrected chi connectivity index (χ4v) is 5.85. The van der Waals surface area contributed by atoms with Crippen molar-refractivity contribution in [3.05, 3.63) is 86.3 Å². The van der Waals surface area contributed by atoms with Gasteiger partial charge in [-0.2, -0.15) is 0 Å². The number of methoxy groups -OCH3 is 1. The van der Waals surface area contributed by atoms with E-state index in [9.17, 15) is 17.6 Å². The quantitative estimate of drug-likeness (QED) is 0.520. The number of rotatable bonds is 5. The topological polar surface area (TPSA) is 75.7 Å². The number of benzene rings is 2. The van der Waals surface area contributed by atoms with Gasteiger partial charge in [-0.1, -0.05) is 23.7 Å². The predicted molar refractivity (Wildman–Crippen MR) is 120 cm³/mol. The molecule has 2 heterocycles. The van der Waals surface area contributed by atoms with E-state index >= 15 is 0 Å². The number of halogens is 2. The Labute approximate surface area is 187 Å². The van der Waals surface area contributed by atoms with Gasteiger partial charge in [-0.05, 0) is 47.3 Å². The number of hydrogen-bond donors (Lipinski definition) is 1. The SMILES string of the molecule is COc1ccc(Cl)cc1N/C=C1/C(=O)c2sccc2N(Cc2cccc(F)c2)S1(=O)=O. The van der Waals surface area contributed by atoms with E-state index in [1.165, 1.54) is 25.3 Å². The van der Waals surface area contributed by atoms with Crippen LogP contribution in [0, 0.1) is 5.82 Å². The molecule has 0 aliphatic carbocycles. The van der Waals surface area contributed by atoms with Gasteiger partial charge in [0.2, 0.25) is 5.78 Å². The number of fused-ring (bicyclic) bond motifs is 1. The van der Waals surface area contributed by atoms with E-state index in [1.54, 1.807) is 35.7 Å². The third-order valence-electron chi connectivity index (χ3n) is 4.65. The number of nitrogens with zero attached hydrogens (tertiary/aromatic N) is 1. The highest BCUT2D eigenvalue weighted by Crippen LogP contribution is 2.39. The molecule has 0 radical (unpaired) electrons. The van der Waals surface area contributed by atoms with Crippen LogP contribution >= 0.6 is 22.9 Å². The molecule has 0 amide bonds. The Kier molecular flexibility index (Phi) is 5.74. The fraction of sp³-hybridized carbons (Fsp3) is 0.0952. The Morgan fingerprint density at radius 2 is 2.03 bits per heavy atom. The van der Waals surface area contributed by atoms with E-state index in [2.05, 4.69) is 5.32 Å². The first-order valence-electron chi connectivity index (χ1n) is 9.01. The molecule has 0 spiro atoms. The molecule has 0 atom stereocenters. The molecule has 1 aliphatic heterocycles. The molecular weight excluding hydrogens is 463 g/mol. The smallest absolute Gasteiger partial charge is 0.270 e. The number of ketones is 1. The number of nitrogens with one attached hydrogen (secondary N) is 1. The van der Waals surface area contributed by atoms with Crippen LogP contribution in [0.25, 0.3) is 0 Å². The summed E-state index contributed by atoms with van der Waals surface area (Å²) in [5.74, 6) is -0.664. The Hall–Kier alpha value is -2.88. The molecule has 0 fully saturated rings. The highest BCUT2D eigenvalue weighted by Gasteiger charge is 2.41. The number of hydrogen-bond acceptors (Lipinski definition) is 6. The first-order chi connectivity index (χ1) is 14.8. The number of allylic oxidation sites excluding steroid dienone is 1. The van der Waals surface area contributed by atoms with E-state index in [1.807, 2.05) is 0 Å². The minimum Gasteiger partial charge on any atom is -0.495 e. The van der Waals surface area contributed by atoms with Gasteiger partial charge in [-0.3, -0.25) is 9.10 Å². The number of sulfonamides is 1. The summed E-state index contributed by atoms with van der Waals surface area (Å²) in [6.45, 7) is -0.116. The summed E-state index contributed by atoms with van der Waals surface area (Å²) >= 11 is 7.16. The van der Waals surface area contributed by atoms with Crippen molar-refractivity contribution >= 4 is 50.1 Å². The van der Waals surface area contributed by atoms with Gasteiger partial charge < -0.3 is 10.1 Å². The molecule has 4 rings (SSSR count). The maximum Gasteiger partial charge on any atom is 0.270 e. The van der Waals surface area contributed by atoms with Gasteiger partial charge >= 0.3 is 0 Å². The van der Waals surface area contributed by atoms with Gasteiger partial charge in [0.25, 0.3) is 10.0 Å². The van der Waals surface area contributed by atoms with Crippen LogP contribution in [0.4, 0.5) is 15.8 Å². The van der Waals surface area contributed by atoms with Crippen LogP contribution in [-0.4, -0.2) is 21.3 Å². The summed E-state index contributed by atoms with van der Waals surface area (Å²) in [5, 5.41) is 4.88. The lowest BCUT2D eigenvalue weighted by atomic mass is 10.2. The summed E-state index contributed by atoms with van der Waals surface area (Å²) in [5.41, 5.74) is 1.13. The van der Waals surface area contributed by atoms with Crippen LogP contribution in [0.2, 0.25) is 5.02 Å². The van der Waals surface area contributed by atoms with Crippen molar-refractivity contribution in [3.63, 3.8) is 0 Å². The molecule has 1 aromatic heterocycles. The Morgan fingerprint density at radius 1 is 1.23 bits per heavy atom. The predicted octanol–water partition coefficient (Wildman–Crippen LogP) is 5.04. The molecular formula is C21H16ClFN2O4S2. The van der Waals surface area contributed by atoms with Crippen LogP contribution in [0.5, 0.6) is 5.75 Å². The molecule has 31 heavy (non-hydrogen) atoms. The second kappa shape index (κ2) is 8.33. The van der Waals surface area contributed by atoms with Crippen LogP contribution in [0.15, 0.2) is 65.0 Å². The molecule has 6 nitrogen and oxygen atoms in total. The number of ether oxygens (including phenoxy) is 1. The van der Waals surface area contributed by atoms with Crippen molar-refractivity contribution in [1.82, 2.24) is 0 Å². The molecule has 0 unspecified atom stereocenters. The van der Waals surface area contributed by atoms with Crippen molar-refractivity contribution < 1.29 is 22.3 Å². The third kappa shape index (κ3) is 4.04. The fourth-order valence-electron chi connectivity index (χ4n) is 3.19. The van der Waals surface area contributed by atoms with Gasteiger partial charge in [-0.25, -0.2) is 12.8 Å². The Bertz CT molecular complexity index is 1300. The highest BCUT2D eigenvalue weighted by atomic mass is 35.5. The molecule has 0 bridgehead atoms. The first-order valence-corrected chi connectivity index (χ1v) is 11.7. The normalized spacial score (nSPS) is 16.3. The second-order valence-electron chi connectivity index (χ2n) is 6.60. The molecule has 160 valence electrons. The highest BCUT2D eigenvalue weighted by molar-refractivity contribution is 7.97. The number of Topliss-reactive ketones (excluding diaryl/α,β-unsaturated/α-hetero) is 1. The summed E-state index contributed by atoms with van der Waals surface area (Å²) in [7, 11) is -2.75. The molecule has 10 heteroatoms. The lowest BCUT2D eigenvalue weighted by molar-refractivity contribution is 0.104. The summed E-state index contributed by atoms with van der Waals surface area (Å²) in [6, 6.07) is 12.0. The van der Waals surface area contributed by atoms with Crippen molar-refractivity contribution in [2.24, 2.45) is 0 Å². The molecule has 1 aliphatic rings. The number of carbonyl (C=O) groups is 1. The lowest BCUT2D eigenvalue weighted by Crippen LogP contribution is -2.38. The standard InChI is InChI=1S/C21H16ClFN2O4S2/c1-29-18-6-5-14(22)10-16(18)24-11-19-20(26)21-17(7-8-30-21)25(31(19,27)28)12-13-3-2-4-15(23)9-13/h2-11,24H,12H2,1H3/b19-11-.